The van der Waals surface area contributed by atoms with Gasteiger partial charge in [0.1, 0.15) is 5.88 Å². The molecular formula is C15H13N3O2S. The van der Waals surface area contributed by atoms with E-state index in [2.05, 4.69) is 10.3 Å². The molecule has 0 fully saturated rings. The SMILES string of the molecule is O=S(=O)(Cn1nncc1-c1ccccc1)c1ccccc1. The topological polar surface area (TPSA) is 64.8 Å². The summed E-state index contributed by atoms with van der Waals surface area (Å²) < 4.78 is 26.2. The number of benzene rings is 2. The minimum atomic E-state index is -3.45. The molecule has 0 bridgehead atoms. The standard InChI is InChI=1S/C15H13N3O2S/c19-21(20,14-9-5-2-6-10-14)12-18-15(11-16-17-18)13-7-3-1-4-8-13/h1-11H,12H2. The number of hydrogen-bond donors (Lipinski definition) is 0. The van der Waals surface area contributed by atoms with Crippen molar-refractivity contribution in [3.05, 3.63) is 66.9 Å². The maximum absolute atomic E-state index is 12.4. The average Bonchev–Trinajstić information content (AvgIpc) is 2.96. The highest BCUT2D eigenvalue weighted by Gasteiger charge is 2.18. The first-order valence-corrected chi connectivity index (χ1v) is 8.04. The van der Waals surface area contributed by atoms with Crippen molar-refractivity contribution in [1.29, 1.82) is 0 Å². The molecule has 0 amide bonds. The molecule has 6 heteroatoms. The summed E-state index contributed by atoms with van der Waals surface area (Å²) in [6, 6.07) is 17.8. The van der Waals surface area contributed by atoms with Crippen LogP contribution in [0.2, 0.25) is 0 Å². The molecule has 0 saturated carbocycles. The first-order chi connectivity index (χ1) is 10.2. The normalized spacial score (nSPS) is 11.4. The first kappa shape index (κ1) is 13.5. The largest absolute Gasteiger partial charge is 0.229 e. The van der Waals surface area contributed by atoms with Gasteiger partial charge in [-0.1, -0.05) is 53.7 Å². The number of hydrogen-bond acceptors (Lipinski definition) is 4. The highest BCUT2D eigenvalue weighted by Crippen LogP contribution is 2.20. The summed E-state index contributed by atoms with van der Waals surface area (Å²) in [5, 5.41) is 7.72. The Labute approximate surface area is 122 Å². The number of sulfone groups is 1. The molecule has 0 atom stereocenters. The number of aromatic nitrogens is 3. The Hall–Kier alpha value is -2.47. The number of rotatable bonds is 4. The van der Waals surface area contributed by atoms with Crippen LogP contribution in [-0.4, -0.2) is 23.4 Å². The second-order valence-electron chi connectivity index (χ2n) is 4.54. The lowest BCUT2D eigenvalue weighted by Gasteiger charge is -2.07. The molecule has 2 aromatic carbocycles. The summed E-state index contributed by atoms with van der Waals surface area (Å²) in [5.41, 5.74) is 1.56. The van der Waals surface area contributed by atoms with E-state index in [-0.39, 0.29) is 10.8 Å². The van der Waals surface area contributed by atoms with Crippen LogP contribution in [0.3, 0.4) is 0 Å². The molecule has 3 rings (SSSR count). The third-order valence-corrected chi connectivity index (χ3v) is 4.66. The summed E-state index contributed by atoms with van der Waals surface area (Å²) in [6.07, 6.45) is 1.57. The summed E-state index contributed by atoms with van der Waals surface area (Å²) in [4.78, 5) is 0.277. The van der Waals surface area contributed by atoms with Crippen LogP contribution in [0, 0.1) is 0 Å². The zero-order valence-electron chi connectivity index (χ0n) is 11.1. The lowest BCUT2D eigenvalue weighted by molar-refractivity contribution is 0.572. The molecule has 0 radical (unpaired) electrons. The second kappa shape index (κ2) is 5.49. The summed E-state index contributed by atoms with van der Waals surface area (Å²) >= 11 is 0. The summed E-state index contributed by atoms with van der Waals surface area (Å²) in [5.74, 6) is -0.235. The molecular weight excluding hydrogens is 286 g/mol. The second-order valence-corrected chi connectivity index (χ2v) is 6.50. The maximum atomic E-state index is 12.4. The van der Waals surface area contributed by atoms with Crippen molar-refractivity contribution in [3.63, 3.8) is 0 Å². The minimum absolute atomic E-state index is 0.235. The Morgan fingerprint density at radius 2 is 1.52 bits per heavy atom. The van der Waals surface area contributed by atoms with E-state index >= 15 is 0 Å². The van der Waals surface area contributed by atoms with Gasteiger partial charge in [0.05, 0.1) is 16.8 Å². The fourth-order valence-corrected chi connectivity index (χ4v) is 3.28. The van der Waals surface area contributed by atoms with Crippen LogP contribution in [0.15, 0.2) is 71.8 Å². The van der Waals surface area contributed by atoms with Gasteiger partial charge in [-0.05, 0) is 12.1 Å². The van der Waals surface area contributed by atoms with Crippen molar-refractivity contribution < 1.29 is 8.42 Å². The Kier molecular flexibility index (Phi) is 3.53. The van der Waals surface area contributed by atoms with Crippen LogP contribution in [0.25, 0.3) is 11.3 Å². The molecule has 21 heavy (non-hydrogen) atoms. The molecule has 3 aromatic rings. The average molecular weight is 299 g/mol. The van der Waals surface area contributed by atoms with Gasteiger partial charge < -0.3 is 0 Å². The van der Waals surface area contributed by atoms with E-state index in [0.29, 0.717) is 5.69 Å². The molecule has 0 N–H and O–H groups in total. The van der Waals surface area contributed by atoms with Crippen LogP contribution in [0.5, 0.6) is 0 Å². The van der Waals surface area contributed by atoms with Crippen molar-refractivity contribution >= 4 is 9.84 Å². The van der Waals surface area contributed by atoms with Gasteiger partial charge in [0.15, 0.2) is 9.84 Å². The van der Waals surface area contributed by atoms with E-state index in [1.165, 1.54) is 4.68 Å². The Bertz CT molecular complexity index is 828. The van der Waals surface area contributed by atoms with Gasteiger partial charge in [-0.3, -0.25) is 0 Å². The lowest BCUT2D eigenvalue weighted by atomic mass is 10.2. The van der Waals surface area contributed by atoms with Crippen LogP contribution in [0.1, 0.15) is 0 Å². The quantitative estimate of drug-likeness (QED) is 0.742. The molecule has 1 heterocycles. The third-order valence-electron chi connectivity index (χ3n) is 3.08. The maximum Gasteiger partial charge on any atom is 0.198 e. The number of nitrogens with zero attached hydrogens (tertiary/aromatic N) is 3. The minimum Gasteiger partial charge on any atom is -0.229 e. The van der Waals surface area contributed by atoms with E-state index in [4.69, 9.17) is 0 Å². The van der Waals surface area contributed by atoms with Gasteiger partial charge in [-0.25, -0.2) is 13.1 Å². The van der Waals surface area contributed by atoms with Crippen molar-refractivity contribution in [2.75, 3.05) is 0 Å². The van der Waals surface area contributed by atoms with Crippen LogP contribution in [-0.2, 0) is 15.7 Å². The zero-order chi connectivity index (χ0) is 14.7. The van der Waals surface area contributed by atoms with E-state index in [1.54, 1.807) is 36.5 Å². The van der Waals surface area contributed by atoms with Crippen molar-refractivity contribution in [2.45, 2.75) is 10.8 Å². The zero-order valence-corrected chi connectivity index (χ0v) is 11.9. The van der Waals surface area contributed by atoms with E-state index in [1.807, 2.05) is 30.3 Å². The molecule has 0 aliphatic heterocycles. The van der Waals surface area contributed by atoms with Gasteiger partial charge in [0.2, 0.25) is 0 Å². The lowest BCUT2D eigenvalue weighted by Crippen LogP contribution is -2.13. The predicted molar refractivity (Wildman–Crippen MR) is 79.1 cm³/mol. The van der Waals surface area contributed by atoms with Crippen LogP contribution >= 0.6 is 0 Å². The van der Waals surface area contributed by atoms with E-state index in [9.17, 15) is 8.42 Å². The third kappa shape index (κ3) is 2.85. The molecule has 0 aliphatic carbocycles. The molecule has 106 valence electrons. The van der Waals surface area contributed by atoms with Gasteiger partial charge in [0, 0.05) is 5.56 Å². The summed E-state index contributed by atoms with van der Waals surface area (Å²) in [6.45, 7) is 0. The van der Waals surface area contributed by atoms with Gasteiger partial charge in [0.25, 0.3) is 0 Å². The monoisotopic (exact) mass is 299 g/mol. The first-order valence-electron chi connectivity index (χ1n) is 6.38. The smallest absolute Gasteiger partial charge is 0.198 e. The van der Waals surface area contributed by atoms with Gasteiger partial charge in [-0.15, -0.1) is 5.10 Å². The summed E-state index contributed by atoms with van der Waals surface area (Å²) in [7, 11) is -3.45. The molecule has 1 aromatic heterocycles. The molecule has 0 unspecified atom stereocenters. The Morgan fingerprint density at radius 1 is 0.905 bits per heavy atom. The Morgan fingerprint density at radius 3 is 2.19 bits per heavy atom. The molecule has 0 saturated heterocycles. The molecule has 5 nitrogen and oxygen atoms in total. The van der Waals surface area contributed by atoms with Gasteiger partial charge >= 0.3 is 0 Å². The highest BCUT2D eigenvalue weighted by atomic mass is 32.2. The fraction of sp³-hybridized carbons (Fsp3) is 0.0667. The van der Waals surface area contributed by atoms with Crippen molar-refractivity contribution in [1.82, 2.24) is 15.0 Å². The van der Waals surface area contributed by atoms with Crippen LogP contribution in [0.4, 0.5) is 0 Å². The van der Waals surface area contributed by atoms with Crippen LogP contribution < -0.4 is 0 Å². The van der Waals surface area contributed by atoms with E-state index in [0.717, 1.165) is 5.56 Å². The highest BCUT2D eigenvalue weighted by molar-refractivity contribution is 7.90. The van der Waals surface area contributed by atoms with Crippen molar-refractivity contribution in [3.8, 4) is 11.3 Å². The predicted octanol–water partition coefficient (Wildman–Crippen LogP) is 2.38. The molecule has 0 aliphatic rings. The van der Waals surface area contributed by atoms with E-state index < -0.39 is 9.84 Å². The van der Waals surface area contributed by atoms with Crippen molar-refractivity contribution in [2.24, 2.45) is 0 Å². The fourth-order valence-electron chi connectivity index (χ4n) is 2.05. The van der Waals surface area contributed by atoms with Gasteiger partial charge in [-0.2, -0.15) is 0 Å². The Balaban J connectivity index is 1.96. The molecule has 0 spiro atoms.